The topological polar surface area (TPSA) is 66.9 Å². The van der Waals surface area contributed by atoms with Gasteiger partial charge in [-0.2, -0.15) is 0 Å². The second-order valence-corrected chi connectivity index (χ2v) is 5.99. The Bertz CT molecular complexity index is 885. The smallest absolute Gasteiger partial charge is 0.271 e. The van der Waals surface area contributed by atoms with E-state index in [-0.39, 0.29) is 17.4 Å². The summed E-state index contributed by atoms with van der Waals surface area (Å²) >= 11 is 5.84. The monoisotopic (exact) mass is 370 g/mol. The number of hydrogen-bond donors (Lipinski definition) is 2. The fraction of sp³-hybridized carbons (Fsp3) is 0.105. The lowest BCUT2D eigenvalue weighted by Gasteiger charge is -2.07. The number of nitrogens with one attached hydrogen (secondary N) is 2. The number of nitrogens with zero attached hydrogens (tertiary/aromatic N) is 2. The molecule has 3 aromatic rings. The number of hydrogen-bond acceptors (Lipinski definition) is 4. The van der Waals surface area contributed by atoms with E-state index in [0.29, 0.717) is 29.5 Å². The molecule has 5 nitrogen and oxygen atoms in total. The molecule has 0 aliphatic heterocycles. The first-order valence-electron chi connectivity index (χ1n) is 7.97. The van der Waals surface area contributed by atoms with Crippen molar-refractivity contribution >= 4 is 29.0 Å². The summed E-state index contributed by atoms with van der Waals surface area (Å²) < 4.78 is 13.2. The number of rotatable bonds is 6. The highest BCUT2D eigenvalue weighted by Gasteiger charge is 2.08. The van der Waals surface area contributed by atoms with Crippen molar-refractivity contribution in [1.82, 2.24) is 15.3 Å². The summed E-state index contributed by atoms with van der Waals surface area (Å²) in [5.74, 6) is -0.225. The first-order valence-corrected chi connectivity index (χ1v) is 8.35. The van der Waals surface area contributed by atoms with E-state index in [9.17, 15) is 9.18 Å². The average Bonchev–Trinajstić information content (AvgIpc) is 2.64. The van der Waals surface area contributed by atoms with Gasteiger partial charge in [-0.25, -0.2) is 14.4 Å². The molecule has 3 rings (SSSR count). The van der Waals surface area contributed by atoms with Crippen molar-refractivity contribution in [3.05, 3.63) is 83.0 Å². The summed E-state index contributed by atoms with van der Waals surface area (Å²) in [4.78, 5) is 20.3. The summed E-state index contributed by atoms with van der Waals surface area (Å²) in [6, 6.07) is 13.5. The molecule has 1 aromatic heterocycles. The zero-order valence-corrected chi connectivity index (χ0v) is 14.5. The van der Waals surface area contributed by atoms with Crippen molar-refractivity contribution in [3.63, 3.8) is 0 Å². The first-order chi connectivity index (χ1) is 12.6. The number of halogens is 2. The molecular formula is C19H16ClFN4O. The quantitative estimate of drug-likeness (QED) is 0.688. The Kier molecular flexibility index (Phi) is 5.76. The zero-order valence-electron chi connectivity index (χ0n) is 13.7. The maximum atomic E-state index is 13.2. The van der Waals surface area contributed by atoms with Gasteiger partial charge in [-0.3, -0.25) is 4.79 Å². The van der Waals surface area contributed by atoms with E-state index in [4.69, 9.17) is 11.6 Å². The lowest BCUT2D eigenvalue weighted by atomic mass is 10.1. The van der Waals surface area contributed by atoms with Crippen LogP contribution in [0.2, 0.25) is 5.02 Å². The van der Waals surface area contributed by atoms with Gasteiger partial charge in [0, 0.05) is 17.3 Å². The molecular weight excluding hydrogens is 355 g/mol. The molecule has 0 unspecified atom stereocenters. The molecule has 0 bridgehead atoms. The van der Waals surface area contributed by atoms with Gasteiger partial charge in [0.15, 0.2) is 0 Å². The normalized spacial score (nSPS) is 10.4. The SMILES string of the molecule is O=C(NCCc1ccc(Cl)cc1)c1cnc(Nc2cccc(F)c2)cn1. The fourth-order valence-electron chi connectivity index (χ4n) is 2.29. The van der Waals surface area contributed by atoms with Gasteiger partial charge in [0.05, 0.1) is 12.4 Å². The summed E-state index contributed by atoms with van der Waals surface area (Å²) in [6.07, 6.45) is 3.49. The van der Waals surface area contributed by atoms with Crippen molar-refractivity contribution in [3.8, 4) is 0 Å². The van der Waals surface area contributed by atoms with E-state index in [1.165, 1.54) is 24.5 Å². The molecule has 1 amide bonds. The van der Waals surface area contributed by atoms with Gasteiger partial charge >= 0.3 is 0 Å². The summed E-state index contributed by atoms with van der Waals surface area (Å²) in [5.41, 5.74) is 1.85. The molecule has 0 saturated heterocycles. The predicted molar refractivity (Wildman–Crippen MR) is 99.2 cm³/mol. The van der Waals surface area contributed by atoms with Crippen LogP contribution in [-0.2, 0) is 6.42 Å². The van der Waals surface area contributed by atoms with Crippen molar-refractivity contribution in [2.24, 2.45) is 0 Å². The van der Waals surface area contributed by atoms with Crippen LogP contribution in [-0.4, -0.2) is 22.4 Å². The largest absolute Gasteiger partial charge is 0.350 e. The average molecular weight is 371 g/mol. The Morgan fingerprint density at radius 3 is 2.58 bits per heavy atom. The third-order valence-corrected chi connectivity index (χ3v) is 3.85. The molecule has 0 aliphatic rings. The molecule has 132 valence electrons. The minimum Gasteiger partial charge on any atom is -0.350 e. The highest BCUT2D eigenvalue weighted by molar-refractivity contribution is 6.30. The number of aromatic nitrogens is 2. The Morgan fingerprint density at radius 1 is 1.08 bits per heavy atom. The van der Waals surface area contributed by atoms with E-state index in [1.54, 1.807) is 12.1 Å². The Morgan fingerprint density at radius 2 is 1.88 bits per heavy atom. The van der Waals surface area contributed by atoms with Gasteiger partial charge in [0.25, 0.3) is 5.91 Å². The third kappa shape index (κ3) is 5.00. The second kappa shape index (κ2) is 8.40. The molecule has 0 atom stereocenters. The van der Waals surface area contributed by atoms with Gasteiger partial charge in [-0.1, -0.05) is 29.8 Å². The minimum absolute atomic E-state index is 0.214. The fourth-order valence-corrected chi connectivity index (χ4v) is 2.41. The number of benzene rings is 2. The van der Waals surface area contributed by atoms with Crippen LogP contribution in [0, 0.1) is 5.82 Å². The highest BCUT2D eigenvalue weighted by atomic mass is 35.5. The summed E-state index contributed by atoms with van der Waals surface area (Å²) in [5, 5.41) is 6.40. The molecule has 0 radical (unpaired) electrons. The molecule has 0 aliphatic carbocycles. The first kappa shape index (κ1) is 17.8. The van der Waals surface area contributed by atoms with Crippen LogP contribution in [0.3, 0.4) is 0 Å². The molecule has 0 spiro atoms. The molecule has 7 heteroatoms. The number of carbonyl (C=O) groups excluding carboxylic acids is 1. The molecule has 1 heterocycles. The molecule has 0 fully saturated rings. The Hall–Kier alpha value is -2.99. The van der Waals surface area contributed by atoms with Gasteiger partial charge in [-0.15, -0.1) is 0 Å². The van der Waals surface area contributed by atoms with Crippen molar-refractivity contribution < 1.29 is 9.18 Å². The van der Waals surface area contributed by atoms with Gasteiger partial charge < -0.3 is 10.6 Å². The van der Waals surface area contributed by atoms with Crippen LogP contribution in [0.4, 0.5) is 15.9 Å². The summed E-state index contributed by atoms with van der Waals surface area (Å²) in [6.45, 7) is 0.478. The maximum Gasteiger partial charge on any atom is 0.271 e. The lowest BCUT2D eigenvalue weighted by Crippen LogP contribution is -2.26. The van der Waals surface area contributed by atoms with Crippen LogP contribution in [0.15, 0.2) is 60.9 Å². The number of anilines is 2. The standard InChI is InChI=1S/C19H16ClFN4O/c20-14-6-4-13(5-7-14)8-9-22-19(26)17-11-24-18(12-23-17)25-16-3-1-2-15(21)10-16/h1-7,10-12H,8-9H2,(H,22,26)(H,24,25). The van der Waals surface area contributed by atoms with E-state index >= 15 is 0 Å². The van der Waals surface area contributed by atoms with Crippen LogP contribution in [0.5, 0.6) is 0 Å². The van der Waals surface area contributed by atoms with E-state index in [1.807, 2.05) is 24.3 Å². The van der Waals surface area contributed by atoms with Crippen molar-refractivity contribution in [1.29, 1.82) is 0 Å². The molecule has 0 saturated carbocycles. The van der Waals surface area contributed by atoms with Crippen LogP contribution in [0.25, 0.3) is 0 Å². The minimum atomic E-state index is -0.348. The van der Waals surface area contributed by atoms with E-state index in [0.717, 1.165) is 5.56 Å². The molecule has 2 aromatic carbocycles. The van der Waals surface area contributed by atoms with Crippen LogP contribution >= 0.6 is 11.6 Å². The van der Waals surface area contributed by atoms with Crippen LogP contribution in [0.1, 0.15) is 16.1 Å². The Balaban J connectivity index is 1.52. The van der Waals surface area contributed by atoms with Crippen LogP contribution < -0.4 is 10.6 Å². The van der Waals surface area contributed by atoms with Gasteiger partial charge in [0.2, 0.25) is 0 Å². The second-order valence-electron chi connectivity index (χ2n) is 5.55. The number of carbonyl (C=O) groups is 1. The highest BCUT2D eigenvalue weighted by Crippen LogP contribution is 2.14. The molecule has 2 N–H and O–H groups in total. The summed E-state index contributed by atoms with van der Waals surface area (Å²) in [7, 11) is 0. The third-order valence-electron chi connectivity index (χ3n) is 3.59. The van der Waals surface area contributed by atoms with E-state index in [2.05, 4.69) is 20.6 Å². The van der Waals surface area contributed by atoms with Crippen molar-refractivity contribution in [2.45, 2.75) is 6.42 Å². The van der Waals surface area contributed by atoms with Gasteiger partial charge in [-0.05, 0) is 42.3 Å². The Labute approximate surface area is 155 Å². The number of amides is 1. The van der Waals surface area contributed by atoms with Gasteiger partial charge in [0.1, 0.15) is 17.3 Å². The lowest BCUT2D eigenvalue weighted by molar-refractivity contribution is 0.0949. The maximum absolute atomic E-state index is 13.2. The molecule has 26 heavy (non-hydrogen) atoms. The van der Waals surface area contributed by atoms with E-state index < -0.39 is 0 Å². The predicted octanol–water partition coefficient (Wildman–Crippen LogP) is 3.99. The van der Waals surface area contributed by atoms with Crippen molar-refractivity contribution in [2.75, 3.05) is 11.9 Å². The zero-order chi connectivity index (χ0) is 18.4.